The van der Waals surface area contributed by atoms with E-state index in [-0.39, 0.29) is 18.9 Å². The fraction of sp³-hybridized carbons (Fsp3) is 0.875. The minimum atomic E-state index is -1.98. The monoisotopic (exact) mass is 1300 g/mol. The molecule has 19 heteroatoms. The lowest BCUT2D eigenvalue weighted by molar-refractivity contribution is -0.379. The topological polar surface area (TPSA) is 307 Å². The number of amides is 1. The summed E-state index contributed by atoms with van der Waals surface area (Å²) in [5.74, 6) is -0.280. The summed E-state index contributed by atoms with van der Waals surface area (Å²) in [4.78, 5) is 13.3. The Bertz CT molecular complexity index is 1840. The Morgan fingerprint density at radius 1 is 0.396 bits per heavy atom. The van der Waals surface area contributed by atoms with Crippen molar-refractivity contribution in [3.05, 3.63) is 48.6 Å². The average Bonchev–Trinajstić information content (AvgIpc) is 0.840. The lowest BCUT2D eigenvalue weighted by atomic mass is 9.96. The van der Waals surface area contributed by atoms with Crippen molar-refractivity contribution in [2.75, 3.05) is 26.4 Å². The van der Waals surface area contributed by atoms with Gasteiger partial charge in [-0.15, -0.1) is 0 Å². The van der Waals surface area contributed by atoms with Crippen LogP contribution in [0, 0.1) is 0 Å². The number of rotatable bonds is 56. The van der Waals surface area contributed by atoms with E-state index in [0.29, 0.717) is 6.42 Å². The number of allylic oxidation sites excluding steroid dienone is 7. The molecule has 3 heterocycles. The van der Waals surface area contributed by atoms with Crippen molar-refractivity contribution in [2.24, 2.45) is 0 Å². The molecule has 17 unspecified atom stereocenters. The fourth-order valence-electron chi connectivity index (χ4n) is 12.2. The standard InChI is InChI=1S/C72H131NO18/c1-3-5-7-9-10-11-12-13-14-15-16-17-18-19-20-21-22-23-24-25-26-27-28-29-30-31-32-33-34-35-36-37-38-39-40-41-42-43-44-46-48-50-60(78)73-55(56(77)49-47-45-8-6-4-2)54-86-70-66(84)63(81)68(58(52-75)88-70)91-72-67(85)64(82)69(59(53-76)89-72)90-71-65(83)62(80)61(79)57(51-74)87-71/h12-13,15-16,18-19,47,49,55-59,61-72,74-77,79-85H,3-11,14,17,20-46,48,50-54H2,1-2H3,(H,73,78)/b13-12-,16-15-,19-18-,49-47+. The zero-order valence-corrected chi connectivity index (χ0v) is 56.3. The van der Waals surface area contributed by atoms with Crippen molar-refractivity contribution >= 4 is 5.91 Å². The summed E-state index contributed by atoms with van der Waals surface area (Å²) in [7, 11) is 0. The number of unbranched alkanes of at least 4 members (excludes halogenated alkanes) is 34. The first-order valence-corrected chi connectivity index (χ1v) is 36.4. The third-order valence-electron chi connectivity index (χ3n) is 18.1. The summed E-state index contributed by atoms with van der Waals surface area (Å²) in [5.41, 5.74) is 0. The van der Waals surface area contributed by atoms with Gasteiger partial charge < -0.3 is 89.9 Å². The molecule has 0 aromatic rings. The van der Waals surface area contributed by atoms with Crippen LogP contribution in [-0.4, -0.2) is 193 Å². The van der Waals surface area contributed by atoms with Crippen LogP contribution in [0.15, 0.2) is 48.6 Å². The molecule has 0 aliphatic carbocycles. The molecule has 0 aromatic heterocycles. The van der Waals surface area contributed by atoms with E-state index in [9.17, 15) is 61.0 Å². The molecular formula is C72H131NO18. The first-order chi connectivity index (χ1) is 44.3. The minimum absolute atomic E-state index is 0.245. The molecule has 3 fully saturated rings. The number of aliphatic hydroxyl groups is 11. The predicted molar refractivity (Wildman–Crippen MR) is 356 cm³/mol. The van der Waals surface area contributed by atoms with Crippen LogP contribution in [0.1, 0.15) is 271 Å². The van der Waals surface area contributed by atoms with Crippen LogP contribution in [0.4, 0.5) is 0 Å². The Kier molecular flexibility index (Phi) is 49.1. The minimum Gasteiger partial charge on any atom is -0.394 e. The van der Waals surface area contributed by atoms with Crippen LogP contribution < -0.4 is 5.32 Å². The summed E-state index contributed by atoms with van der Waals surface area (Å²) < 4.78 is 34.1. The summed E-state index contributed by atoms with van der Waals surface area (Å²) in [6.45, 7) is 1.59. The molecule has 0 aromatic carbocycles. The molecule has 91 heavy (non-hydrogen) atoms. The fourth-order valence-corrected chi connectivity index (χ4v) is 12.2. The van der Waals surface area contributed by atoms with E-state index < -0.39 is 124 Å². The van der Waals surface area contributed by atoms with Crippen LogP contribution in [0.2, 0.25) is 0 Å². The molecule has 0 radical (unpaired) electrons. The SMILES string of the molecule is CCCCC/C=C/C(O)C(COC1OC(CO)C(OC2OC(CO)C(OC3OC(CO)C(O)C(O)C3O)C(O)C2O)C(O)C1O)NC(=O)CCCCCCCCCCCCCCCCCCCCCCCCCCCC/C=C\C/C=C\C/C=C\CCCCCCC. The molecule has 0 saturated carbocycles. The highest BCUT2D eigenvalue weighted by Crippen LogP contribution is 2.33. The largest absolute Gasteiger partial charge is 0.394 e. The first-order valence-electron chi connectivity index (χ1n) is 36.4. The lowest BCUT2D eigenvalue weighted by Crippen LogP contribution is -2.66. The maximum Gasteiger partial charge on any atom is 0.220 e. The molecule has 19 nitrogen and oxygen atoms in total. The molecule has 3 aliphatic rings. The first kappa shape index (κ1) is 83.0. The third-order valence-corrected chi connectivity index (χ3v) is 18.1. The van der Waals surface area contributed by atoms with Gasteiger partial charge in [-0.2, -0.15) is 0 Å². The molecule has 3 saturated heterocycles. The number of hydrogen-bond acceptors (Lipinski definition) is 18. The number of aliphatic hydroxyl groups excluding tert-OH is 11. The van der Waals surface area contributed by atoms with E-state index in [2.05, 4.69) is 55.6 Å². The second kappa shape index (κ2) is 53.8. The van der Waals surface area contributed by atoms with E-state index in [1.54, 1.807) is 6.08 Å². The maximum atomic E-state index is 13.3. The van der Waals surface area contributed by atoms with E-state index in [1.165, 1.54) is 186 Å². The average molecular weight is 1300 g/mol. The van der Waals surface area contributed by atoms with Crippen molar-refractivity contribution in [1.29, 1.82) is 0 Å². The van der Waals surface area contributed by atoms with Crippen molar-refractivity contribution in [3.8, 4) is 0 Å². The maximum absolute atomic E-state index is 13.3. The van der Waals surface area contributed by atoms with Crippen molar-refractivity contribution in [3.63, 3.8) is 0 Å². The zero-order valence-electron chi connectivity index (χ0n) is 56.3. The van der Waals surface area contributed by atoms with E-state index in [4.69, 9.17) is 28.4 Å². The van der Waals surface area contributed by atoms with Gasteiger partial charge in [0.15, 0.2) is 18.9 Å². The van der Waals surface area contributed by atoms with Gasteiger partial charge in [0.2, 0.25) is 5.91 Å². The normalized spacial score (nSPS) is 28.1. The summed E-state index contributed by atoms with van der Waals surface area (Å²) in [5, 5.41) is 120. The molecule has 12 N–H and O–H groups in total. The Labute approximate surface area is 548 Å². The van der Waals surface area contributed by atoms with Crippen LogP contribution in [0.25, 0.3) is 0 Å². The highest BCUT2D eigenvalue weighted by atomic mass is 16.8. The zero-order chi connectivity index (χ0) is 66.1. The quantitative estimate of drug-likeness (QED) is 0.0199. The Hall–Kier alpha value is -2.25. The van der Waals surface area contributed by atoms with Crippen LogP contribution in [0.3, 0.4) is 0 Å². The van der Waals surface area contributed by atoms with Gasteiger partial charge in [-0.3, -0.25) is 4.79 Å². The third kappa shape index (κ3) is 35.5. The molecule has 1 amide bonds. The van der Waals surface area contributed by atoms with E-state index >= 15 is 0 Å². The van der Waals surface area contributed by atoms with Crippen LogP contribution >= 0.6 is 0 Å². The van der Waals surface area contributed by atoms with Gasteiger partial charge in [0.05, 0.1) is 38.6 Å². The van der Waals surface area contributed by atoms with Crippen molar-refractivity contribution < 1.29 is 89.4 Å². The molecule has 0 bridgehead atoms. The molecule has 3 rings (SSSR count). The Morgan fingerprint density at radius 2 is 0.725 bits per heavy atom. The number of nitrogens with one attached hydrogen (secondary N) is 1. The molecule has 0 spiro atoms. The lowest BCUT2D eigenvalue weighted by Gasteiger charge is -2.48. The predicted octanol–water partition coefficient (Wildman–Crippen LogP) is 10.2. The highest BCUT2D eigenvalue weighted by molar-refractivity contribution is 5.76. The van der Waals surface area contributed by atoms with Gasteiger partial charge in [-0.25, -0.2) is 0 Å². The number of carbonyl (C=O) groups excluding carboxylic acids is 1. The second-order valence-corrected chi connectivity index (χ2v) is 26.1. The van der Waals surface area contributed by atoms with Crippen LogP contribution in [0.5, 0.6) is 0 Å². The van der Waals surface area contributed by atoms with Gasteiger partial charge in [0.1, 0.15) is 73.2 Å². The van der Waals surface area contributed by atoms with Gasteiger partial charge in [-0.05, 0) is 57.8 Å². The second-order valence-electron chi connectivity index (χ2n) is 26.1. The van der Waals surface area contributed by atoms with Crippen molar-refractivity contribution in [2.45, 2.75) is 375 Å². The summed E-state index contributed by atoms with van der Waals surface area (Å²) in [6, 6.07) is -0.967. The van der Waals surface area contributed by atoms with E-state index in [1.807, 2.05) is 6.08 Å². The molecule has 17 atom stereocenters. The van der Waals surface area contributed by atoms with Gasteiger partial charge in [0, 0.05) is 6.42 Å². The number of carbonyl (C=O) groups is 1. The van der Waals surface area contributed by atoms with E-state index in [0.717, 1.165) is 57.8 Å². The van der Waals surface area contributed by atoms with Crippen LogP contribution in [-0.2, 0) is 33.2 Å². The van der Waals surface area contributed by atoms with Crippen molar-refractivity contribution in [1.82, 2.24) is 5.32 Å². The smallest absolute Gasteiger partial charge is 0.220 e. The number of hydrogen-bond donors (Lipinski definition) is 12. The Morgan fingerprint density at radius 3 is 1.15 bits per heavy atom. The van der Waals surface area contributed by atoms with Gasteiger partial charge >= 0.3 is 0 Å². The summed E-state index contributed by atoms with van der Waals surface area (Å²) >= 11 is 0. The summed E-state index contributed by atoms with van der Waals surface area (Å²) in [6.07, 6.45) is 39.4. The van der Waals surface area contributed by atoms with Gasteiger partial charge in [0.25, 0.3) is 0 Å². The highest BCUT2D eigenvalue weighted by Gasteiger charge is 2.53. The Balaban J connectivity index is 1.20. The van der Waals surface area contributed by atoms with Gasteiger partial charge in [-0.1, -0.05) is 255 Å². The molecule has 3 aliphatic heterocycles. The molecule has 532 valence electrons. The number of ether oxygens (including phenoxy) is 6. The molecular weight excluding hydrogens is 1170 g/mol.